The summed E-state index contributed by atoms with van der Waals surface area (Å²) >= 11 is 1.53. The highest BCUT2D eigenvalue weighted by Crippen LogP contribution is 2.45. The van der Waals surface area contributed by atoms with Crippen molar-refractivity contribution in [2.45, 2.75) is 51.1 Å². The molecule has 0 radical (unpaired) electrons. The molecule has 1 aromatic carbocycles. The van der Waals surface area contributed by atoms with Gasteiger partial charge in [0, 0.05) is 16.5 Å². The van der Waals surface area contributed by atoms with E-state index < -0.39 is 17.7 Å². The molecule has 6 heteroatoms. The molecule has 29 heavy (non-hydrogen) atoms. The van der Waals surface area contributed by atoms with Gasteiger partial charge in [0.25, 0.3) is 11.7 Å². The predicted molar refractivity (Wildman–Crippen MR) is 113 cm³/mol. The Bertz CT molecular complexity index is 954. The highest BCUT2D eigenvalue weighted by molar-refractivity contribution is 7.10. The second kappa shape index (κ2) is 8.03. The van der Waals surface area contributed by atoms with Gasteiger partial charge in [0.2, 0.25) is 0 Å². The maximum absolute atomic E-state index is 13.1. The van der Waals surface area contributed by atoms with Crippen LogP contribution in [0, 0.1) is 6.92 Å². The minimum Gasteiger partial charge on any atom is -0.507 e. The van der Waals surface area contributed by atoms with Crippen molar-refractivity contribution >= 4 is 28.8 Å². The van der Waals surface area contributed by atoms with Crippen molar-refractivity contribution in [2.24, 2.45) is 0 Å². The molecule has 2 aromatic rings. The molecule has 1 aliphatic heterocycles. The Hall–Kier alpha value is -2.60. The number of carbonyl (C=O) groups is 2. The monoisotopic (exact) mass is 411 g/mol. The predicted octanol–water partition coefficient (Wildman–Crippen LogP) is 4.82. The first-order valence-electron chi connectivity index (χ1n) is 10.0. The minimum absolute atomic E-state index is 0.0351. The fourth-order valence-corrected chi connectivity index (χ4v) is 5.45. The highest BCUT2D eigenvalue weighted by atomic mass is 32.1. The topological polar surface area (TPSA) is 66.8 Å². The first-order chi connectivity index (χ1) is 14.0. The molecule has 1 aliphatic carbocycles. The number of nitrogens with zero attached hydrogens (tertiary/aromatic N) is 1. The Morgan fingerprint density at radius 1 is 1.10 bits per heavy atom. The summed E-state index contributed by atoms with van der Waals surface area (Å²) in [6.07, 6.45) is 5.08. The van der Waals surface area contributed by atoms with Crippen molar-refractivity contribution in [3.8, 4) is 5.75 Å². The van der Waals surface area contributed by atoms with Crippen molar-refractivity contribution in [2.75, 3.05) is 7.11 Å². The SMILES string of the molecule is COc1ccc(/C(O)=C2/C(=O)C(=O)N(C3CCCCC3)C2c2sccc2C)cc1. The normalized spacial score (nSPS) is 22.3. The van der Waals surface area contributed by atoms with Gasteiger partial charge in [0.1, 0.15) is 17.6 Å². The molecular formula is C23H25NO4S. The number of rotatable bonds is 4. The van der Waals surface area contributed by atoms with E-state index in [0.29, 0.717) is 11.3 Å². The van der Waals surface area contributed by atoms with E-state index in [1.54, 1.807) is 36.3 Å². The first-order valence-corrected chi connectivity index (χ1v) is 10.9. The average Bonchev–Trinajstić information content (AvgIpc) is 3.29. The number of Topliss-reactive ketones (excluding diaryl/α,β-unsaturated/α-hetero) is 1. The Morgan fingerprint density at radius 3 is 2.38 bits per heavy atom. The van der Waals surface area contributed by atoms with Gasteiger partial charge in [0.15, 0.2) is 0 Å². The molecule has 1 atom stereocenters. The maximum atomic E-state index is 13.1. The Labute approximate surface area is 174 Å². The summed E-state index contributed by atoms with van der Waals surface area (Å²) in [6.45, 7) is 1.99. The molecule has 1 N–H and O–H groups in total. The van der Waals surface area contributed by atoms with Crippen LogP contribution in [0.3, 0.4) is 0 Å². The van der Waals surface area contributed by atoms with Gasteiger partial charge in [-0.2, -0.15) is 0 Å². The van der Waals surface area contributed by atoms with E-state index >= 15 is 0 Å². The third-order valence-electron chi connectivity index (χ3n) is 5.96. The molecule has 1 amide bonds. The van der Waals surface area contributed by atoms with Gasteiger partial charge in [-0.3, -0.25) is 9.59 Å². The summed E-state index contributed by atoms with van der Waals surface area (Å²) in [6, 6.07) is 8.39. The lowest BCUT2D eigenvalue weighted by Gasteiger charge is -2.35. The fourth-order valence-electron chi connectivity index (χ4n) is 4.41. The van der Waals surface area contributed by atoms with E-state index in [4.69, 9.17) is 4.74 Å². The molecule has 1 saturated heterocycles. The molecular weight excluding hydrogens is 386 g/mol. The molecule has 1 aromatic heterocycles. The first kappa shape index (κ1) is 19.7. The van der Waals surface area contributed by atoms with Crippen molar-refractivity contribution in [3.05, 3.63) is 57.3 Å². The summed E-state index contributed by atoms with van der Waals surface area (Å²) < 4.78 is 5.18. The van der Waals surface area contributed by atoms with E-state index in [0.717, 1.165) is 42.5 Å². The second-order valence-electron chi connectivity index (χ2n) is 7.69. The van der Waals surface area contributed by atoms with Crippen LogP contribution in [0.25, 0.3) is 5.76 Å². The zero-order chi connectivity index (χ0) is 20.5. The third-order valence-corrected chi connectivity index (χ3v) is 7.03. The summed E-state index contributed by atoms with van der Waals surface area (Å²) in [5.41, 5.74) is 1.73. The van der Waals surface area contributed by atoms with Crippen LogP contribution in [-0.4, -0.2) is 34.8 Å². The van der Waals surface area contributed by atoms with Gasteiger partial charge in [-0.1, -0.05) is 19.3 Å². The Morgan fingerprint density at radius 2 is 1.79 bits per heavy atom. The quantitative estimate of drug-likeness (QED) is 0.445. The molecule has 0 bridgehead atoms. The molecule has 1 unspecified atom stereocenters. The van der Waals surface area contributed by atoms with Gasteiger partial charge < -0.3 is 14.7 Å². The lowest BCUT2D eigenvalue weighted by Crippen LogP contribution is -2.40. The van der Waals surface area contributed by atoms with Crippen molar-refractivity contribution < 1.29 is 19.4 Å². The molecule has 0 spiro atoms. The number of ether oxygens (including phenoxy) is 1. The Balaban J connectivity index is 1.84. The van der Waals surface area contributed by atoms with Crippen LogP contribution in [0.15, 0.2) is 41.3 Å². The minimum atomic E-state index is -0.596. The van der Waals surface area contributed by atoms with Crippen LogP contribution in [0.5, 0.6) is 5.75 Å². The van der Waals surface area contributed by atoms with Gasteiger partial charge in [-0.25, -0.2) is 0 Å². The second-order valence-corrected chi connectivity index (χ2v) is 8.64. The number of likely N-dealkylation sites (tertiary alicyclic amines) is 1. The number of amides is 1. The van der Waals surface area contributed by atoms with E-state index in [1.165, 1.54) is 11.3 Å². The van der Waals surface area contributed by atoms with Gasteiger partial charge in [-0.05, 0) is 61.0 Å². The number of hydrogen-bond donors (Lipinski definition) is 1. The van der Waals surface area contributed by atoms with Crippen molar-refractivity contribution in [1.29, 1.82) is 0 Å². The number of thiophene rings is 1. The summed E-state index contributed by atoms with van der Waals surface area (Å²) in [4.78, 5) is 28.9. The van der Waals surface area contributed by atoms with E-state index in [1.807, 2.05) is 18.4 Å². The molecule has 4 rings (SSSR count). The smallest absolute Gasteiger partial charge is 0.295 e. The number of benzene rings is 1. The fraction of sp³-hybridized carbons (Fsp3) is 0.391. The number of aliphatic hydroxyl groups excluding tert-OH is 1. The molecule has 152 valence electrons. The third kappa shape index (κ3) is 3.46. The Kier molecular flexibility index (Phi) is 5.46. The number of hydrogen-bond acceptors (Lipinski definition) is 5. The largest absolute Gasteiger partial charge is 0.507 e. The van der Waals surface area contributed by atoms with E-state index in [9.17, 15) is 14.7 Å². The lowest BCUT2D eigenvalue weighted by atomic mass is 9.92. The summed E-state index contributed by atoms with van der Waals surface area (Å²) in [5, 5.41) is 13.1. The lowest BCUT2D eigenvalue weighted by molar-refractivity contribution is -0.141. The van der Waals surface area contributed by atoms with Crippen LogP contribution in [0.4, 0.5) is 0 Å². The van der Waals surface area contributed by atoms with Crippen LogP contribution in [0.2, 0.25) is 0 Å². The van der Waals surface area contributed by atoms with Crippen LogP contribution < -0.4 is 4.74 Å². The summed E-state index contributed by atoms with van der Waals surface area (Å²) in [5.74, 6) is -0.552. The summed E-state index contributed by atoms with van der Waals surface area (Å²) in [7, 11) is 1.57. The molecule has 2 aliphatic rings. The van der Waals surface area contributed by atoms with Crippen molar-refractivity contribution in [3.63, 3.8) is 0 Å². The standard InChI is InChI=1S/C23H25NO4S/c1-14-12-13-29-22(14)19-18(20(25)15-8-10-17(28-2)11-9-15)21(26)23(27)24(19)16-6-4-3-5-7-16/h8-13,16,19,25H,3-7H2,1-2H3/b20-18-. The highest BCUT2D eigenvalue weighted by Gasteiger charge is 2.49. The number of aliphatic hydroxyl groups is 1. The van der Waals surface area contributed by atoms with E-state index in [2.05, 4.69) is 0 Å². The average molecular weight is 412 g/mol. The zero-order valence-electron chi connectivity index (χ0n) is 16.7. The van der Waals surface area contributed by atoms with Crippen LogP contribution in [0.1, 0.15) is 54.1 Å². The van der Waals surface area contributed by atoms with Crippen LogP contribution in [-0.2, 0) is 9.59 Å². The number of aryl methyl sites for hydroxylation is 1. The van der Waals surface area contributed by atoms with Crippen LogP contribution >= 0.6 is 11.3 Å². The molecule has 5 nitrogen and oxygen atoms in total. The zero-order valence-corrected chi connectivity index (χ0v) is 17.5. The van der Waals surface area contributed by atoms with Gasteiger partial charge in [0.05, 0.1) is 12.7 Å². The molecule has 1 saturated carbocycles. The van der Waals surface area contributed by atoms with Crippen molar-refractivity contribution in [1.82, 2.24) is 4.90 Å². The number of ketones is 1. The number of methoxy groups -OCH3 is 1. The van der Waals surface area contributed by atoms with Gasteiger partial charge in [-0.15, -0.1) is 11.3 Å². The van der Waals surface area contributed by atoms with Gasteiger partial charge >= 0.3 is 0 Å². The molecule has 2 fully saturated rings. The number of carbonyl (C=O) groups excluding carboxylic acids is 2. The molecule has 2 heterocycles. The maximum Gasteiger partial charge on any atom is 0.295 e. The van der Waals surface area contributed by atoms with E-state index in [-0.39, 0.29) is 17.4 Å².